The largest absolute Gasteiger partial charge is 0.394 e. The number of amides is 3. The molecular weight excluding hydrogens is 710 g/mol. The van der Waals surface area contributed by atoms with Crippen LogP contribution < -0.4 is 9.80 Å². The number of para-hydroxylation sites is 2. The lowest BCUT2D eigenvalue weighted by Crippen LogP contribution is -2.58. The van der Waals surface area contributed by atoms with E-state index in [9.17, 15) is 9.90 Å². The molecule has 0 aromatic heterocycles. The van der Waals surface area contributed by atoms with E-state index in [1.807, 2.05) is 79.7 Å². The molecule has 2 bridgehead atoms. The summed E-state index contributed by atoms with van der Waals surface area (Å²) in [5.74, 6) is -2.24. The summed E-state index contributed by atoms with van der Waals surface area (Å²) in [6.07, 6.45) is 4.19. The zero-order chi connectivity index (χ0) is 34.2. The van der Waals surface area contributed by atoms with Crippen LogP contribution in [0.1, 0.15) is 17.5 Å². The number of alkyl halides is 1. The van der Waals surface area contributed by atoms with Crippen molar-refractivity contribution in [3.63, 3.8) is 0 Å². The van der Waals surface area contributed by atoms with Crippen LogP contribution >= 0.6 is 39.3 Å². The molecule has 3 aliphatic rings. The van der Waals surface area contributed by atoms with Crippen LogP contribution in [-0.2, 0) is 20.8 Å². The number of carbonyl (C=O) groups excluding carboxylic acids is 3. The molecule has 3 fully saturated rings. The standard InChI is InChI=1S/C38H39BrClN3O4S/c1-4-19-41(26-16-10-7-11-17-26)35(45)30-31-36(46)43(27(23-44)21-25-14-8-6-9-15-25)34(38(31)22-28(39)33(30)48-38)37(47)42(20-5-2)32-24(3)13-12-18-29(32)40/h4-18,27-28,30-31,33-34,44H,1-2,19-23H2,3H3/t27-,28?,30-,31+,33-,34?,38?/m1/s1. The van der Waals surface area contributed by atoms with E-state index in [-0.39, 0.29) is 47.5 Å². The van der Waals surface area contributed by atoms with Crippen LogP contribution in [0.15, 0.2) is 104 Å². The van der Waals surface area contributed by atoms with E-state index >= 15 is 9.59 Å². The molecular formula is C38H39BrClN3O4S. The van der Waals surface area contributed by atoms with Crippen LogP contribution in [0.25, 0.3) is 0 Å². The Labute approximate surface area is 299 Å². The third-order valence-corrected chi connectivity index (χ3v) is 13.4. The van der Waals surface area contributed by atoms with Crippen molar-refractivity contribution in [2.45, 2.75) is 46.7 Å². The van der Waals surface area contributed by atoms with Crippen LogP contribution in [0.5, 0.6) is 0 Å². The van der Waals surface area contributed by atoms with Crippen molar-refractivity contribution < 1.29 is 19.5 Å². The van der Waals surface area contributed by atoms with Crippen LogP contribution in [0, 0.1) is 18.8 Å². The molecule has 48 heavy (non-hydrogen) atoms. The second kappa shape index (κ2) is 14.2. The zero-order valence-corrected chi connectivity index (χ0v) is 29.9. The van der Waals surface area contributed by atoms with Gasteiger partial charge in [0.2, 0.25) is 11.8 Å². The Hall–Kier alpha value is -3.37. The average Bonchev–Trinajstić information content (AvgIpc) is 3.69. The molecule has 0 saturated carbocycles. The smallest absolute Gasteiger partial charge is 0.251 e. The molecule has 0 radical (unpaired) electrons. The maximum absolute atomic E-state index is 15.2. The first-order chi connectivity index (χ1) is 23.2. The van der Waals surface area contributed by atoms with Crippen molar-refractivity contribution in [3.05, 3.63) is 120 Å². The third kappa shape index (κ3) is 5.82. The molecule has 3 unspecified atom stereocenters. The minimum absolute atomic E-state index is 0.117. The predicted octanol–water partition coefficient (Wildman–Crippen LogP) is 6.45. The summed E-state index contributed by atoms with van der Waals surface area (Å²) >= 11 is 12.2. The van der Waals surface area contributed by atoms with Crippen LogP contribution in [0.2, 0.25) is 5.02 Å². The number of anilines is 2. The lowest BCUT2D eigenvalue weighted by molar-refractivity contribution is -0.141. The first kappa shape index (κ1) is 34.5. The number of aliphatic hydroxyl groups is 1. The monoisotopic (exact) mass is 747 g/mol. The molecule has 3 saturated heterocycles. The number of thioether (sulfide) groups is 1. The van der Waals surface area contributed by atoms with Crippen molar-refractivity contribution >= 4 is 68.4 Å². The number of hydrogen-bond acceptors (Lipinski definition) is 5. The maximum Gasteiger partial charge on any atom is 0.251 e. The highest BCUT2D eigenvalue weighted by Gasteiger charge is 2.76. The summed E-state index contributed by atoms with van der Waals surface area (Å²) in [5, 5.41) is 11.1. The van der Waals surface area contributed by atoms with E-state index in [2.05, 4.69) is 29.1 Å². The minimum atomic E-state index is -0.969. The van der Waals surface area contributed by atoms with Gasteiger partial charge in [0.1, 0.15) is 6.04 Å². The van der Waals surface area contributed by atoms with Gasteiger partial charge >= 0.3 is 0 Å². The molecule has 3 aliphatic heterocycles. The lowest BCUT2D eigenvalue weighted by atomic mass is 9.70. The molecule has 250 valence electrons. The molecule has 6 rings (SSSR count). The summed E-state index contributed by atoms with van der Waals surface area (Å²) < 4.78 is -0.928. The van der Waals surface area contributed by atoms with Gasteiger partial charge in [-0.3, -0.25) is 14.4 Å². The Kier molecular flexibility index (Phi) is 10.2. The predicted molar refractivity (Wildman–Crippen MR) is 198 cm³/mol. The number of hydrogen-bond donors (Lipinski definition) is 1. The molecule has 0 aliphatic carbocycles. The summed E-state index contributed by atoms with van der Waals surface area (Å²) in [6.45, 7) is 9.82. The highest BCUT2D eigenvalue weighted by Crippen LogP contribution is 2.68. The molecule has 3 aromatic rings. The number of halogens is 2. The Balaban J connectivity index is 1.49. The van der Waals surface area contributed by atoms with Gasteiger partial charge in [-0.25, -0.2) is 0 Å². The lowest BCUT2D eigenvalue weighted by Gasteiger charge is -2.40. The molecule has 1 spiro atoms. The molecule has 3 aromatic carbocycles. The van der Waals surface area contributed by atoms with Crippen molar-refractivity contribution in [3.8, 4) is 0 Å². The summed E-state index contributed by atoms with van der Waals surface area (Å²) in [5.41, 5.74) is 3.01. The average molecular weight is 749 g/mol. The fourth-order valence-electron chi connectivity index (χ4n) is 7.93. The zero-order valence-electron chi connectivity index (χ0n) is 26.8. The number of nitrogens with zero attached hydrogens (tertiary/aromatic N) is 3. The normalized spacial score (nSPS) is 26.2. The first-order valence-electron chi connectivity index (χ1n) is 16.1. The topological polar surface area (TPSA) is 81.2 Å². The Morgan fingerprint density at radius 1 is 1.02 bits per heavy atom. The van der Waals surface area contributed by atoms with Crippen molar-refractivity contribution in [2.75, 3.05) is 29.5 Å². The quantitative estimate of drug-likeness (QED) is 0.170. The van der Waals surface area contributed by atoms with Gasteiger partial charge in [-0.15, -0.1) is 24.9 Å². The number of aliphatic hydroxyl groups excluding tert-OH is 1. The van der Waals surface area contributed by atoms with E-state index in [4.69, 9.17) is 11.6 Å². The fraction of sp³-hybridized carbons (Fsp3) is 0.342. The van der Waals surface area contributed by atoms with Gasteiger partial charge in [-0.2, -0.15) is 0 Å². The van der Waals surface area contributed by atoms with Crippen LogP contribution in [0.4, 0.5) is 11.4 Å². The second-order valence-corrected chi connectivity index (χ2v) is 15.8. The maximum atomic E-state index is 15.2. The molecule has 10 heteroatoms. The summed E-state index contributed by atoms with van der Waals surface area (Å²) in [6, 6.07) is 22.8. The number of benzene rings is 3. The SMILES string of the molecule is C=CCN(C(=O)[C@H]1[C@@H]2SC3(CC2Br)C(C(=O)N(CC=C)c2c(C)cccc2Cl)N([C@@H](CO)Cc2ccccc2)C(=O)[C@H]13)c1ccccc1. The minimum Gasteiger partial charge on any atom is -0.394 e. The third-order valence-electron chi connectivity index (χ3n) is 9.85. The molecule has 7 nitrogen and oxygen atoms in total. The Morgan fingerprint density at radius 2 is 1.67 bits per heavy atom. The van der Waals surface area contributed by atoms with Crippen molar-refractivity contribution in [2.24, 2.45) is 11.8 Å². The van der Waals surface area contributed by atoms with Crippen molar-refractivity contribution in [1.82, 2.24) is 4.90 Å². The van der Waals surface area contributed by atoms with E-state index in [0.29, 0.717) is 29.2 Å². The van der Waals surface area contributed by atoms with Gasteiger partial charge in [0, 0.05) is 28.9 Å². The molecule has 1 N–H and O–H groups in total. The number of carbonyl (C=O) groups is 3. The van der Waals surface area contributed by atoms with Gasteiger partial charge < -0.3 is 19.8 Å². The van der Waals surface area contributed by atoms with Gasteiger partial charge in [0.05, 0.1) is 39.9 Å². The number of fused-ring (bicyclic) bond motifs is 1. The highest BCUT2D eigenvalue weighted by molar-refractivity contribution is 9.09. The van der Waals surface area contributed by atoms with Gasteiger partial charge in [-0.1, -0.05) is 100 Å². The first-order valence-corrected chi connectivity index (χ1v) is 18.3. The summed E-state index contributed by atoms with van der Waals surface area (Å²) in [7, 11) is 0. The van der Waals surface area contributed by atoms with Gasteiger partial charge in [-0.05, 0) is 49.1 Å². The van der Waals surface area contributed by atoms with Crippen LogP contribution in [-0.4, -0.2) is 74.3 Å². The Bertz CT molecular complexity index is 1690. The molecule has 3 heterocycles. The number of rotatable bonds is 12. The van der Waals surface area contributed by atoms with E-state index < -0.39 is 28.7 Å². The second-order valence-electron chi connectivity index (χ2n) is 12.7. The summed E-state index contributed by atoms with van der Waals surface area (Å²) in [4.78, 5) is 49.8. The van der Waals surface area contributed by atoms with E-state index in [1.54, 1.807) is 44.7 Å². The number of aryl methyl sites for hydroxylation is 1. The van der Waals surface area contributed by atoms with Crippen LogP contribution in [0.3, 0.4) is 0 Å². The number of likely N-dealkylation sites (tertiary alicyclic amines) is 1. The van der Waals surface area contributed by atoms with E-state index in [1.165, 1.54) is 0 Å². The fourth-order valence-corrected chi connectivity index (χ4v) is 11.8. The van der Waals surface area contributed by atoms with E-state index in [0.717, 1.165) is 11.1 Å². The van der Waals surface area contributed by atoms with Gasteiger partial charge in [0.15, 0.2) is 0 Å². The Morgan fingerprint density at radius 3 is 2.29 bits per heavy atom. The highest BCUT2D eigenvalue weighted by atomic mass is 79.9. The molecule has 7 atom stereocenters. The molecule has 3 amide bonds. The van der Waals surface area contributed by atoms with Gasteiger partial charge in [0.25, 0.3) is 5.91 Å². The van der Waals surface area contributed by atoms with Crippen molar-refractivity contribution in [1.29, 1.82) is 0 Å².